The van der Waals surface area contributed by atoms with Crippen molar-refractivity contribution in [3.05, 3.63) is 35.0 Å². The van der Waals surface area contributed by atoms with Gasteiger partial charge in [-0.2, -0.15) is 0 Å². The average molecular weight is 273 g/mol. The highest BCUT2D eigenvalue weighted by molar-refractivity contribution is 5.85. The minimum Gasteiger partial charge on any atom is -0.387 e. The van der Waals surface area contributed by atoms with E-state index in [1.54, 1.807) is 0 Å². The van der Waals surface area contributed by atoms with Crippen molar-refractivity contribution in [2.24, 2.45) is 0 Å². The van der Waals surface area contributed by atoms with Crippen molar-refractivity contribution in [1.82, 2.24) is 15.2 Å². The zero-order valence-electron chi connectivity index (χ0n) is 12.2. The smallest absolute Gasteiger partial charge is 0.0940 e. The molecule has 0 aliphatic carbocycles. The number of benzene rings is 1. The molecular formula is C16H23N3O. The maximum absolute atomic E-state index is 10.6. The van der Waals surface area contributed by atoms with Crippen LogP contribution in [0.15, 0.2) is 18.2 Å². The number of rotatable bonds is 3. The van der Waals surface area contributed by atoms with E-state index < -0.39 is 6.10 Å². The Balaban J connectivity index is 1.88. The van der Waals surface area contributed by atoms with Gasteiger partial charge in [-0.3, -0.25) is 4.90 Å². The highest BCUT2D eigenvalue weighted by Gasteiger charge is 2.20. The van der Waals surface area contributed by atoms with Crippen molar-refractivity contribution in [2.75, 3.05) is 32.7 Å². The molecule has 20 heavy (non-hydrogen) atoms. The molecule has 1 aliphatic heterocycles. The summed E-state index contributed by atoms with van der Waals surface area (Å²) in [6.07, 6.45) is -0.427. The molecule has 1 atom stereocenters. The van der Waals surface area contributed by atoms with Gasteiger partial charge >= 0.3 is 0 Å². The van der Waals surface area contributed by atoms with E-state index in [1.807, 2.05) is 6.92 Å². The van der Waals surface area contributed by atoms with Gasteiger partial charge in [0.05, 0.1) is 6.10 Å². The van der Waals surface area contributed by atoms with Crippen LogP contribution in [-0.2, 0) is 0 Å². The van der Waals surface area contributed by atoms with Crippen molar-refractivity contribution in [2.45, 2.75) is 20.0 Å². The maximum Gasteiger partial charge on any atom is 0.0940 e. The minimum absolute atomic E-state index is 0.427. The van der Waals surface area contributed by atoms with Gasteiger partial charge in [-0.25, -0.2) is 0 Å². The van der Waals surface area contributed by atoms with Crippen LogP contribution in [0.25, 0.3) is 10.9 Å². The quantitative estimate of drug-likeness (QED) is 0.798. The van der Waals surface area contributed by atoms with Gasteiger partial charge in [-0.05, 0) is 26.0 Å². The number of hydrogen-bond donors (Lipinski definition) is 3. The van der Waals surface area contributed by atoms with Crippen molar-refractivity contribution in [1.29, 1.82) is 0 Å². The molecule has 0 saturated carbocycles. The van der Waals surface area contributed by atoms with E-state index in [0.29, 0.717) is 6.54 Å². The number of aromatic amines is 1. The summed E-state index contributed by atoms with van der Waals surface area (Å²) in [5.41, 5.74) is 4.48. The number of hydrogen-bond acceptors (Lipinski definition) is 3. The highest BCUT2D eigenvalue weighted by atomic mass is 16.3. The lowest BCUT2D eigenvalue weighted by molar-refractivity contribution is 0.106. The normalized spacial score (nSPS) is 18.6. The second kappa shape index (κ2) is 5.56. The van der Waals surface area contributed by atoms with E-state index in [0.717, 1.165) is 48.3 Å². The van der Waals surface area contributed by atoms with Gasteiger partial charge in [-0.1, -0.05) is 11.6 Å². The minimum atomic E-state index is -0.427. The molecule has 2 aromatic rings. The van der Waals surface area contributed by atoms with E-state index in [-0.39, 0.29) is 0 Å². The van der Waals surface area contributed by atoms with Crippen LogP contribution in [0.2, 0.25) is 0 Å². The Morgan fingerprint density at radius 3 is 2.75 bits per heavy atom. The van der Waals surface area contributed by atoms with Crippen molar-refractivity contribution >= 4 is 10.9 Å². The van der Waals surface area contributed by atoms with Gasteiger partial charge in [0.2, 0.25) is 0 Å². The van der Waals surface area contributed by atoms with Crippen molar-refractivity contribution < 1.29 is 5.11 Å². The Morgan fingerprint density at radius 1 is 1.25 bits per heavy atom. The maximum atomic E-state index is 10.6. The number of fused-ring (bicyclic) bond motifs is 1. The molecule has 4 nitrogen and oxygen atoms in total. The standard InChI is InChI=1S/C16H23N3O/c1-11-3-4-14-13(9-11)16(12(2)18-14)15(20)10-19-7-5-17-6-8-19/h3-4,9,15,17-18,20H,5-8,10H2,1-2H3. The third-order valence-corrected chi connectivity index (χ3v) is 4.17. The molecule has 0 amide bonds. The third-order valence-electron chi connectivity index (χ3n) is 4.17. The van der Waals surface area contributed by atoms with Crippen LogP contribution in [0.4, 0.5) is 0 Å². The molecule has 108 valence electrons. The number of aliphatic hydroxyl groups excluding tert-OH is 1. The number of β-amino-alcohol motifs (C(OH)–C–C–N with tert-alkyl or cyclic N) is 1. The van der Waals surface area contributed by atoms with Crippen LogP contribution in [0.1, 0.15) is 22.9 Å². The molecule has 1 fully saturated rings. The van der Waals surface area contributed by atoms with Crippen LogP contribution < -0.4 is 5.32 Å². The first-order valence-electron chi connectivity index (χ1n) is 7.35. The number of H-pyrrole nitrogens is 1. The molecule has 4 heteroatoms. The lowest BCUT2D eigenvalue weighted by atomic mass is 10.0. The Labute approximate surface area is 119 Å². The summed E-state index contributed by atoms with van der Waals surface area (Å²) in [6.45, 7) is 8.90. The number of aromatic nitrogens is 1. The second-order valence-corrected chi connectivity index (χ2v) is 5.78. The summed E-state index contributed by atoms with van der Waals surface area (Å²) < 4.78 is 0. The second-order valence-electron chi connectivity index (χ2n) is 5.78. The van der Waals surface area contributed by atoms with Gasteiger partial charge in [0.25, 0.3) is 0 Å². The Morgan fingerprint density at radius 2 is 2.00 bits per heavy atom. The summed E-state index contributed by atoms with van der Waals surface area (Å²) in [7, 11) is 0. The molecule has 1 unspecified atom stereocenters. The molecule has 1 aromatic carbocycles. The number of piperazine rings is 1. The molecule has 1 aromatic heterocycles. The third kappa shape index (κ3) is 2.59. The largest absolute Gasteiger partial charge is 0.387 e. The molecule has 2 heterocycles. The SMILES string of the molecule is Cc1ccc2[nH]c(C)c(C(O)CN3CCNCC3)c2c1. The summed E-state index contributed by atoms with van der Waals surface area (Å²) in [5.74, 6) is 0. The molecule has 0 spiro atoms. The van der Waals surface area contributed by atoms with Crippen LogP contribution in [0.5, 0.6) is 0 Å². The number of aliphatic hydroxyl groups is 1. The molecule has 0 radical (unpaired) electrons. The first kappa shape index (κ1) is 13.6. The fourth-order valence-electron chi connectivity index (χ4n) is 3.12. The van der Waals surface area contributed by atoms with E-state index in [1.165, 1.54) is 5.56 Å². The average Bonchev–Trinajstić information content (AvgIpc) is 2.75. The Hall–Kier alpha value is -1.36. The topological polar surface area (TPSA) is 51.3 Å². The van der Waals surface area contributed by atoms with Crippen molar-refractivity contribution in [3.8, 4) is 0 Å². The Kier molecular flexibility index (Phi) is 3.78. The van der Waals surface area contributed by atoms with Gasteiger partial charge in [0.15, 0.2) is 0 Å². The molecule has 1 saturated heterocycles. The molecule has 1 aliphatic rings. The fourth-order valence-corrected chi connectivity index (χ4v) is 3.12. The van der Waals surface area contributed by atoms with E-state index >= 15 is 0 Å². The number of nitrogens with one attached hydrogen (secondary N) is 2. The predicted octanol–water partition coefficient (Wildman–Crippen LogP) is 1.72. The molecular weight excluding hydrogens is 250 g/mol. The van der Waals surface area contributed by atoms with Gasteiger partial charge in [0.1, 0.15) is 0 Å². The molecule has 3 N–H and O–H groups in total. The highest BCUT2D eigenvalue weighted by Crippen LogP contribution is 2.29. The summed E-state index contributed by atoms with van der Waals surface area (Å²) >= 11 is 0. The Bertz CT molecular complexity index is 599. The van der Waals surface area contributed by atoms with Gasteiger partial charge < -0.3 is 15.4 Å². The molecule has 0 bridgehead atoms. The zero-order valence-corrected chi connectivity index (χ0v) is 12.2. The van der Waals surface area contributed by atoms with Crippen LogP contribution in [-0.4, -0.2) is 47.7 Å². The fraction of sp³-hybridized carbons (Fsp3) is 0.500. The first-order valence-corrected chi connectivity index (χ1v) is 7.35. The molecule has 3 rings (SSSR count). The van der Waals surface area contributed by atoms with E-state index in [9.17, 15) is 5.11 Å². The summed E-state index contributed by atoms with van der Waals surface area (Å²) in [6, 6.07) is 6.36. The lowest BCUT2D eigenvalue weighted by Gasteiger charge is -2.29. The van der Waals surface area contributed by atoms with Crippen LogP contribution in [0, 0.1) is 13.8 Å². The van der Waals surface area contributed by atoms with Gasteiger partial charge in [-0.15, -0.1) is 0 Å². The van der Waals surface area contributed by atoms with Crippen molar-refractivity contribution in [3.63, 3.8) is 0 Å². The number of nitrogens with zero attached hydrogens (tertiary/aromatic N) is 1. The monoisotopic (exact) mass is 273 g/mol. The zero-order chi connectivity index (χ0) is 14.1. The predicted molar refractivity (Wildman–Crippen MR) is 82.0 cm³/mol. The van der Waals surface area contributed by atoms with Crippen LogP contribution >= 0.6 is 0 Å². The lowest BCUT2D eigenvalue weighted by Crippen LogP contribution is -2.45. The van der Waals surface area contributed by atoms with E-state index in [4.69, 9.17) is 0 Å². The summed E-state index contributed by atoms with van der Waals surface area (Å²) in [4.78, 5) is 5.71. The van der Waals surface area contributed by atoms with E-state index in [2.05, 4.69) is 40.3 Å². The first-order chi connectivity index (χ1) is 9.65. The van der Waals surface area contributed by atoms with Crippen LogP contribution in [0.3, 0.4) is 0 Å². The summed E-state index contributed by atoms with van der Waals surface area (Å²) in [5, 5.41) is 15.1. The number of aryl methyl sites for hydroxylation is 2. The van der Waals surface area contributed by atoms with Gasteiger partial charge in [0, 0.05) is 54.9 Å².